The maximum absolute atomic E-state index is 13.2. The van der Waals surface area contributed by atoms with Crippen LogP contribution in [-0.2, 0) is 6.54 Å². The molecule has 0 radical (unpaired) electrons. The second-order valence-corrected chi connectivity index (χ2v) is 7.15. The molecule has 2 aromatic heterocycles. The highest BCUT2D eigenvalue weighted by Crippen LogP contribution is 2.38. The van der Waals surface area contributed by atoms with Gasteiger partial charge in [0.15, 0.2) is 11.9 Å². The number of halogens is 4. The molecule has 2 heterocycles. The van der Waals surface area contributed by atoms with Crippen LogP contribution in [0.15, 0.2) is 41.1 Å². The Morgan fingerprint density at radius 3 is 2.68 bits per heavy atom. The summed E-state index contributed by atoms with van der Waals surface area (Å²) in [5, 5.41) is 16.0. The Labute approximate surface area is 173 Å². The molecule has 0 bridgehead atoms. The second kappa shape index (κ2) is 8.06. The number of alkyl halides is 3. The monoisotopic (exact) mass is 436 g/mol. The summed E-state index contributed by atoms with van der Waals surface area (Å²) in [5.41, 5.74) is -0.448. The lowest BCUT2D eigenvalue weighted by molar-refractivity contribution is -0.206. The van der Waals surface area contributed by atoms with E-state index in [-0.39, 0.29) is 35.2 Å². The molecule has 31 heavy (non-hydrogen) atoms. The normalized spacial score (nSPS) is 15.0. The van der Waals surface area contributed by atoms with E-state index < -0.39 is 29.6 Å². The van der Waals surface area contributed by atoms with Gasteiger partial charge in [0, 0.05) is 17.0 Å². The average molecular weight is 436 g/mol. The molecule has 11 heteroatoms. The van der Waals surface area contributed by atoms with Crippen LogP contribution in [0.4, 0.5) is 17.6 Å². The van der Waals surface area contributed by atoms with E-state index in [4.69, 9.17) is 4.52 Å². The lowest BCUT2D eigenvalue weighted by Crippen LogP contribution is -2.24. The van der Waals surface area contributed by atoms with Crippen LogP contribution >= 0.6 is 0 Å². The van der Waals surface area contributed by atoms with Gasteiger partial charge in [0.1, 0.15) is 5.82 Å². The number of carbonyl (C=O) groups is 1. The van der Waals surface area contributed by atoms with Crippen molar-refractivity contribution in [1.29, 1.82) is 0 Å². The molecule has 162 valence electrons. The standard InChI is InChI=1S/C20H16F4N4O3/c21-14-3-4-15(25-8-14)11-5-12(17(29)20(22,23)24)7-13(6-11)19(30)26-9-16-27-18(28-31-16)10-1-2-10/h3-8,10,17,29H,1-2,9H2,(H,26,30). The molecule has 1 amide bonds. The van der Waals surface area contributed by atoms with E-state index in [2.05, 4.69) is 20.4 Å². The summed E-state index contributed by atoms with van der Waals surface area (Å²) >= 11 is 0. The highest BCUT2D eigenvalue weighted by Gasteiger charge is 2.40. The van der Waals surface area contributed by atoms with E-state index in [0.29, 0.717) is 5.82 Å². The fraction of sp³-hybridized carbons (Fsp3) is 0.300. The first-order valence-corrected chi connectivity index (χ1v) is 9.33. The van der Waals surface area contributed by atoms with Crippen molar-refractivity contribution in [2.24, 2.45) is 0 Å². The number of aliphatic hydroxyl groups is 1. The summed E-state index contributed by atoms with van der Waals surface area (Å²) < 4.78 is 57.4. The zero-order valence-electron chi connectivity index (χ0n) is 15.9. The predicted molar refractivity (Wildman–Crippen MR) is 98.1 cm³/mol. The van der Waals surface area contributed by atoms with Crippen LogP contribution < -0.4 is 5.32 Å². The topological polar surface area (TPSA) is 101 Å². The number of benzene rings is 1. The Kier molecular flexibility index (Phi) is 5.44. The van der Waals surface area contributed by atoms with E-state index in [1.165, 1.54) is 12.1 Å². The van der Waals surface area contributed by atoms with Gasteiger partial charge in [-0.2, -0.15) is 18.2 Å². The summed E-state index contributed by atoms with van der Waals surface area (Å²) in [7, 11) is 0. The Morgan fingerprint density at radius 1 is 1.26 bits per heavy atom. The van der Waals surface area contributed by atoms with Gasteiger partial charge in [-0.25, -0.2) is 4.39 Å². The van der Waals surface area contributed by atoms with Crippen molar-refractivity contribution < 1.29 is 32.0 Å². The van der Waals surface area contributed by atoms with Gasteiger partial charge >= 0.3 is 6.18 Å². The van der Waals surface area contributed by atoms with Crippen LogP contribution in [0.1, 0.15) is 52.5 Å². The van der Waals surface area contributed by atoms with Crippen molar-refractivity contribution in [3.8, 4) is 11.3 Å². The van der Waals surface area contributed by atoms with E-state index in [1.807, 2.05) is 0 Å². The second-order valence-electron chi connectivity index (χ2n) is 7.15. The maximum atomic E-state index is 13.2. The number of pyridine rings is 1. The molecule has 4 rings (SSSR count). The number of nitrogens with zero attached hydrogens (tertiary/aromatic N) is 3. The fourth-order valence-electron chi connectivity index (χ4n) is 2.93. The van der Waals surface area contributed by atoms with Gasteiger partial charge in [0.25, 0.3) is 5.91 Å². The molecule has 0 aliphatic heterocycles. The average Bonchev–Trinajstić information content (AvgIpc) is 3.49. The van der Waals surface area contributed by atoms with Crippen LogP contribution in [0.25, 0.3) is 11.3 Å². The number of rotatable bonds is 6. The van der Waals surface area contributed by atoms with Crippen molar-refractivity contribution >= 4 is 5.91 Å². The molecule has 1 aromatic carbocycles. The maximum Gasteiger partial charge on any atom is 0.418 e. The van der Waals surface area contributed by atoms with E-state index >= 15 is 0 Å². The lowest BCUT2D eigenvalue weighted by Gasteiger charge is -2.17. The van der Waals surface area contributed by atoms with E-state index in [1.54, 1.807) is 0 Å². The Balaban J connectivity index is 1.60. The Bertz CT molecular complexity index is 1090. The smallest absolute Gasteiger partial charge is 0.379 e. The van der Waals surface area contributed by atoms with Crippen LogP contribution in [0.3, 0.4) is 0 Å². The number of aromatic nitrogens is 3. The molecule has 1 aliphatic rings. The summed E-state index contributed by atoms with van der Waals surface area (Å²) in [6.07, 6.45) is -4.91. The van der Waals surface area contributed by atoms with Crippen molar-refractivity contribution in [3.63, 3.8) is 0 Å². The largest absolute Gasteiger partial charge is 0.418 e. The third kappa shape index (κ3) is 4.88. The summed E-state index contributed by atoms with van der Waals surface area (Å²) in [6.45, 7) is -0.116. The minimum absolute atomic E-state index is 0.111. The zero-order valence-corrected chi connectivity index (χ0v) is 15.9. The van der Waals surface area contributed by atoms with Gasteiger partial charge in [-0.05, 0) is 48.7 Å². The number of hydrogen-bond acceptors (Lipinski definition) is 6. The molecule has 1 fully saturated rings. The number of aliphatic hydroxyl groups excluding tert-OH is 1. The molecular weight excluding hydrogens is 420 g/mol. The zero-order chi connectivity index (χ0) is 22.2. The van der Waals surface area contributed by atoms with Gasteiger partial charge in [-0.15, -0.1) is 0 Å². The highest BCUT2D eigenvalue weighted by atomic mass is 19.4. The van der Waals surface area contributed by atoms with E-state index in [9.17, 15) is 27.5 Å². The molecule has 1 atom stereocenters. The Morgan fingerprint density at radius 2 is 2.03 bits per heavy atom. The molecule has 0 spiro atoms. The van der Waals surface area contributed by atoms with Gasteiger partial charge in [0.2, 0.25) is 5.89 Å². The van der Waals surface area contributed by atoms with Crippen molar-refractivity contribution in [2.75, 3.05) is 0 Å². The van der Waals surface area contributed by atoms with Crippen LogP contribution in [0.5, 0.6) is 0 Å². The summed E-state index contributed by atoms with van der Waals surface area (Å²) in [5.74, 6) is -0.352. The first-order valence-electron chi connectivity index (χ1n) is 9.33. The Hall–Kier alpha value is -3.34. The molecule has 1 aliphatic carbocycles. The summed E-state index contributed by atoms with van der Waals surface area (Å²) in [6, 6.07) is 5.63. The fourth-order valence-corrected chi connectivity index (χ4v) is 2.93. The molecule has 3 aromatic rings. The molecular formula is C20H16F4N4O3. The lowest BCUT2D eigenvalue weighted by atomic mass is 9.99. The SMILES string of the molecule is O=C(NCc1nc(C2CC2)no1)c1cc(-c2ccc(F)cn2)cc(C(O)C(F)(F)F)c1. The molecule has 1 unspecified atom stereocenters. The van der Waals surface area contributed by atoms with Crippen molar-refractivity contribution in [2.45, 2.75) is 37.6 Å². The third-order valence-corrected chi connectivity index (χ3v) is 4.69. The van der Waals surface area contributed by atoms with Crippen molar-refractivity contribution in [3.05, 3.63) is 65.2 Å². The third-order valence-electron chi connectivity index (χ3n) is 4.69. The predicted octanol–water partition coefficient (Wildman–Crippen LogP) is 3.67. The van der Waals surface area contributed by atoms with Crippen LogP contribution in [-0.4, -0.2) is 32.3 Å². The first kappa shape index (κ1) is 20.9. The van der Waals surface area contributed by atoms with E-state index in [0.717, 1.165) is 37.2 Å². The van der Waals surface area contributed by atoms with Crippen LogP contribution in [0.2, 0.25) is 0 Å². The number of nitrogens with one attached hydrogen (secondary N) is 1. The molecule has 1 saturated carbocycles. The minimum Gasteiger partial charge on any atom is -0.379 e. The molecule has 2 N–H and O–H groups in total. The number of amides is 1. The summed E-state index contributed by atoms with van der Waals surface area (Å²) in [4.78, 5) is 20.6. The van der Waals surface area contributed by atoms with Gasteiger partial charge in [-0.1, -0.05) is 5.16 Å². The van der Waals surface area contributed by atoms with Gasteiger partial charge in [-0.3, -0.25) is 9.78 Å². The quantitative estimate of drug-likeness (QED) is 0.572. The first-order chi connectivity index (χ1) is 14.7. The number of carbonyl (C=O) groups excluding carboxylic acids is 1. The van der Waals surface area contributed by atoms with Crippen LogP contribution in [0, 0.1) is 5.82 Å². The van der Waals surface area contributed by atoms with Gasteiger partial charge < -0.3 is 14.9 Å². The molecule has 0 saturated heterocycles. The van der Waals surface area contributed by atoms with Gasteiger partial charge in [0.05, 0.1) is 18.4 Å². The minimum atomic E-state index is -4.94. The van der Waals surface area contributed by atoms with Crippen molar-refractivity contribution in [1.82, 2.24) is 20.4 Å². The highest BCUT2D eigenvalue weighted by molar-refractivity contribution is 5.95. The molecule has 7 nitrogen and oxygen atoms in total. The number of hydrogen-bond donors (Lipinski definition) is 2.